The van der Waals surface area contributed by atoms with E-state index in [0.29, 0.717) is 0 Å². The van der Waals surface area contributed by atoms with Crippen molar-refractivity contribution in [3.05, 3.63) is 0 Å². The van der Waals surface area contributed by atoms with Crippen LogP contribution in [-0.2, 0) is 20.2 Å². The second-order valence-corrected chi connectivity index (χ2v) is 4.77. The molecule has 0 aliphatic rings. The first-order valence-corrected chi connectivity index (χ1v) is 6.08. The summed E-state index contributed by atoms with van der Waals surface area (Å²) < 4.78 is 118. The Morgan fingerprint density at radius 1 is 0.810 bits per heavy atom. The van der Waals surface area contributed by atoms with E-state index < -0.39 is 31.3 Å². The van der Waals surface area contributed by atoms with Gasteiger partial charge in [-0.3, -0.25) is 0 Å². The first-order chi connectivity index (χ1) is 7.91. The molecule has 0 saturated heterocycles. The number of halogens is 6. The van der Waals surface area contributed by atoms with E-state index in [9.17, 15) is 26.3 Å². The molecule has 21 heavy (non-hydrogen) atoms. The molecule has 116 valence electrons. The molecule has 0 spiro atoms. The zero-order valence-electron chi connectivity index (χ0n) is 10.5. The second-order valence-electron chi connectivity index (χ2n) is 2.02. The maximum atomic E-state index is 10.7. The fraction of sp³-hybridized carbons (Fsp3) is 0.750. The minimum Gasteiger partial charge on any atom is -0.741 e. The van der Waals surface area contributed by atoms with Crippen LogP contribution in [0.25, 0.3) is 0 Å². The molecule has 0 radical (unpaired) electrons. The molecule has 7 nitrogen and oxygen atoms in total. The molecule has 0 bridgehead atoms. The van der Waals surface area contributed by atoms with Gasteiger partial charge in [0.1, 0.15) is 0 Å². The molecule has 0 fully saturated rings. The molecule has 0 atom stereocenters. The second kappa shape index (κ2) is 11.6. The summed E-state index contributed by atoms with van der Waals surface area (Å²) in [5, 5.41) is 7.32. The summed E-state index contributed by atoms with van der Waals surface area (Å²) >= 11 is 0. The topological polar surface area (TPSA) is 138 Å². The van der Waals surface area contributed by atoms with Crippen LogP contribution in [0.15, 0.2) is 0 Å². The number of nitriles is 1. The van der Waals surface area contributed by atoms with Crippen molar-refractivity contribution in [2.24, 2.45) is 0 Å². The molecule has 17 heteroatoms. The molecule has 0 aromatic rings. The zero-order chi connectivity index (χ0) is 16.7. The van der Waals surface area contributed by atoms with Crippen molar-refractivity contribution < 1.29 is 90.0 Å². The van der Waals surface area contributed by atoms with E-state index >= 15 is 0 Å². The minimum absolute atomic E-state index is 0. The smallest absolute Gasteiger partial charge is 0.741 e. The Labute approximate surface area is 139 Å². The van der Waals surface area contributed by atoms with Gasteiger partial charge in [0, 0.05) is 6.92 Å². The van der Waals surface area contributed by atoms with Crippen LogP contribution in [0.3, 0.4) is 0 Å². The summed E-state index contributed by atoms with van der Waals surface area (Å²) in [5.74, 6) is 0. The van der Waals surface area contributed by atoms with Gasteiger partial charge in [0.15, 0.2) is 20.2 Å². The van der Waals surface area contributed by atoms with Crippen molar-refractivity contribution in [3.8, 4) is 6.07 Å². The Morgan fingerprint density at radius 2 is 0.857 bits per heavy atom. The maximum absolute atomic E-state index is 10.7. The van der Waals surface area contributed by atoms with Gasteiger partial charge in [0.05, 0.1) is 6.07 Å². The molecular weight excluding hydrogens is 350 g/mol. The van der Waals surface area contributed by atoms with Gasteiger partial charge in [-0.1, -0.05) is 0 Å². The zero-order valence-corrected chi connectivity index (χ0v) is 12.1. The summed E-state index contributed by atoms with van der Waals surface area (Å²) in [5.41, 5.74) is -11.3. The van der Waals surface area contributed by atoms with Crippen LogP contribution in [0.1, 0.15) is 6.92 Å². The van der Waals surface area contributed by atoms with Crippen LogP contribution in [0.2, 0.25) is 0 Å². The first-order valence-electron chi connectivity index (χ1n) is 3.27. The van der Waals surface area contributed by atoms with E-state index in [1.807, 2.05) is 0 Å². The van der Waals surface area contributed by atoms with E-state index in [-0.39, 0.29) is 37.7 Å². The standard InChI is InChI=1S/C2H3N.2CHF3O3S.2Li/c1-2-3;2*2-1(3,4)8(5,6)7;;/h1H3;2*(H,5,6,7);;/q;;;2*+1/p-2. The SMILES string of the molecule is CC#N.O=S(=O)([O-])C(F)(F)F.O=S(=O)([O-])C(F)(F)F.[Li+].[Li+]. The van der Waals surface area contributed by atoms with Gasteiger partial charge >= 0.3 is 48.7 Å². The molecule has 0 aromatic carbocycles. The molecule has 0 N–H and O–H groups in total. The van der Waals surface area contributed by atoms with Crippen molar-refractivity contribution in [2.75, 3.05) is 0 Å². The molecule has 0 amide bonds. The molecular formula is C4H3F6Li2NO6S2. The average molecular weight is 353 g/mol. The summed E-state index contributed by atoms with van der Waals surface area (Å²) in [6.45, 7) is 1.43. The van der Waals surface area contributed by atoms with Crippen LogP contribution in [0.4, 0.5) is 26.3 Å². The van der Waals surface area contributed by atoms with Crippen molar-refractivity contribution in [3.63, 3.8) is 0 Å². The Kier molecular flexibility index (Phi) is 18.2. The third-order valence-electron chi connectivity index (χ3n) is 0.567. The molecule has 0 rings (SSSR count). The number of rotatable bonds is 0. The fourth-order valence-electron chi connectivity index (χ4n) is 0. The van der Waals surface area contributed by atoms with E-state index in [0.717, 1.165) is 0 Å². The summed E-state index contributed by atoms with van der Waals surface area (Å²) in [6.07, 6.45) is 0. The van der Waals surface area contributed by atoms with Gasteiger partial charge in [0.25, 0.3) is 0 Å². The van der Waals surface area contributed by atoms with E-state index in [4.69, 9.17) is 31.2 Å². The van der Waals surface area contributed by atoms with Crippen LogP contribution < -0.4 is 37.7 Å². The van der Waals surface area contributed by atoms with Crippen molar-refractivity contribution in [1.82, 2.24) is 0 Å². The third-order valence-corrected chi connectivity index (χ3v) is 1.70. The normalized spacial score (nSPS) is 11.0. The first kappa shape index (κ1) is 32.9. The van der Waals surface area contributed by atoms with Gasteiger partial charge in [-0.05, 0) is 0 Å². The molecule has 0 saturated carbocycles. The summed E-state index contributed by atoms with van der Waals surface area (Å²) in [6, 6.07) is 1.75. The fourth-order valence-corrected chi connectivity index (χ4v) is 0. The summed E-state index contributed by atoms with van der Waals surface area (Å²) in [7, 11) is -12.2. The van der Waals surface area contributed by atoms with Gasteiger partial charge in [-0.25, -0.2) is 16.8 Å². The third kappa shape index (κ3) is 20.1. The van der Waals surface area contributed by atoms with Gasteiger partial charge in [-0.15, -0.1) is 0 Å². The summed E-state index contributed by atoms with van der Waals surface area (Å²) in [4.78, 5) is 0. The largest absolute Gasteiger partial charge is 1.00 e. The van der Waals surface area contributed by atoms with E-state index in [1.165, 1.54) is 6.92 Å². The number of nitrogens with zero attached hydrogens (tertiary/aromatic N) is 1. The van der Waals surface area contributed by atoms with Crippen LogP contribution in [0, 0.1) is 11.3 Å². The maximum Gasteiger partial charge on any atom is 1.00 e. The van der Waals surface area contributed by atoms with Crippen molar-refractivity contribution in [1.29, 1.82) is 5.26 Å². The molecule has 0 aliphatic heterocycles. The van der Waals surface area contributed by atoms with Crippen LogP contribution in [-0.4, -0.2) is 37.0 Å². The predicted octanol–water partition coefficient (Wildman–Crippen LogP) is -5.36. The molecule has 0 aromatic heterocycles. The van der Waals surface area contributed by atoms with E-state index in [2.05, 4.69) is 0 Å². The Bertz CT molecular complexity index is 463. The monoisotopic (exact) mass is 353 g/mol. The Hall–Kier alpha value is 0.0848. The molecule has 0 unspecified atom stereocenters. The molecule has 0 heterocycles. The van der Waals surface area contributed by atoms with Gasteiger partial charge in [0.2, 0.25) is 0 Å². The van der Waals surface area contributed by atoms with Gasteiger partial charge < -0.3 is 9.11 Å². The van der Waals surface area contributed by atoms with E-state index in [1.54, 1.807) is 6.07 Å². The number of hydrogen-bond acceptors (Lipinski definition) is 7. The van der Waals surface area contributed by atoms with Crippen molar-refractivity contribution >= 4 is 20.2 Å². The number of hydrogen-bond donors (Lipinski definition) is 0. The predicted molar refractivity (Wildman–Crippen MR) is 42.8 cm³/mol. The number of alkyl halides is 6. The van der Waals surface area contributed by atoms with Gasteiger partial charge in [-0.2, -0.15) is 31.6 Å². The Balaban J connectivity index is -0.0000000634. The van der Waals surface area contributed by atoms with Crippen LogP contribution >= 0.6 is 0 Å². The minimum atomic E-state index is -6.09. The molecule has 0 aliphatic carbocycles. The quantitative estimate of drug-likeness (QED) is 0.183. The van der Waals surface area contributed by atoms with Crippen LogP contribution in [0.5, 0.6) is 0 Å². The van der Waals surface area contributed by atoms with Crippen molar-refractivity contribution in [2.45, 2.75) is 17.9 Å². The Morgan fingerprint density at radius 3 is 0.857 bits per heavy atom. The average Bonchev–Trinajstić information content (AvgIpc) is 1.97.